The molecule has 0 rings (SSSR count). The van der Waals surface area contributed by atoms with Crippen LogP contribution in [-0.4, -0.2) is 5.00 Å². The molecule has 0 saturated heterocycles. The maximum Gasteiger partial charge on any atom is 0.150 e. The van der Waals surface area contributed by atoms with E-state index in [0.717, 1.165) is 0 Å². The van der Waals surface area contributed by atoms with Gasteiger partial charge >= 0.3 is 0 Å². The molecular weight excluding hydrogens is 99.1 g/mol. The predicted octanol–water partition coefficient (Wildman–Crippen LogP) is 2.01. The van der Waals surface area contributed by atoms with Crippen molar-refractivity contribution in [2.45, 2.75) is 25.3 Å². The molecule has 2 heteroatoms. The highest BCUT2D eigenvalue weighted by Gasteiger charge is 2.10. The third kappa shape index (κ3) is 4.28. The van der Waals surface area contributed by atoms with Crippen LogP contribution in [0, 0.1) is 0 Å². The first-order valence-electron chi connectivity index (χ1n) is 1.97. The SMILES string of the molecule is CCC(C)(F)S. The lowest BCUT2D eigenvalue weighted by Crippen LogP contribution is -2.03. The van der Waals surface area contributed by atoms with Crippen molar-refractivity contribution in [3.05, 3.63) is 0 Å². The zero-order chi connectivity index (χ0) is 5.21. The van der Waals surface area contributed by atoms with Crippen molar-refractivity contribution in [3.8, 4) is 0 Å². The van der Waals surface area contributed by atoms with Crippen molar-refractivity contribution in [1.82, 2.24) is 0 Å². The van der Waals surface area contributed by atoms with Crippen molar-refractivity contribution < 1.29 is 4.39 Å². The topological polar surface area (TPSA) is 0 Å². The summed E-state index contributed by atoms with van der Waals surface area (Å²) in [5, 5.41) is -1.26. The first-order chi connectivity index (χ1) is 2.56. The van der Waals surface area contributed by atoms with Gasteiger partial charge in [-0.05, 0) is 13.3 Å². The molecule has 1 atom stereocenters. The molecular formula is C4H9FS. The van der Waals surface area contributed by atoms with E-state index < -0.39 is 5.00 Å². The van der Waals surface area contributed by atoms with E-state index in [0.29, 0.717) is 6.42 Å². The fourth-order valence-electron chi connectivity index (χ4n) is 0. The van der Waals surface area contributed by atoms with Crippen LogP contribution >= 0.6 is 12.6 Å². The van der Waals surface area contributed by atoms with Gasteiger partial charge in [0, 0.05) is 0 Å². The van der Waals surface area contributed by atoms with Crippen LogP contribution in [0.25, 0.3) is 0 Å². The van der Waals surface area contributed by atoms with Crippen LogP contribution in [0.15, 0.2) is 0 Å². The summed E-state index contributed by atoms with van der Waals surface area (Å²) in [7, 11) is 0. The van der Waals surface area contributed by atoms with Gasteiger partial charge in [-0.15, -0.1) is 12.6 Å². The molecule has 0 aromatic heterocycles. The highest BCUT2D eigenvalue weighted by Crippen LogP contribution is 2.17. The Morgan fingerprint density at radius 1 is 1.83 bits per heavy atom. The molecule has 0 radical (unpaired) electrons. The zero-order valence-electron chi connectivity index (χ0n) is 4.03. The second kappa shape index (κ2) is 1.82. The van der Waals surface area contributed by atoms with E-state index in [1.54, 1.807) is 6.92 Å². The van der Waals surface area contributed by atoms with Crippen LogP contribution in [0.5, 0.6) is 0 Å². The molecule has 0 aromatic carbocycles. The Morgan fingerprint density at radius 3 is 2.00 bits per heavy atom. The molecule has 1 unspecified atom stereocenters. The molecule has 0 amide bonds. The van der Waals surface area contributed by atoms with Gasteiger partial charge in [0.15, 0.2) is 5.00 Å². The molecule has 0 aliphatic carbocycles. The van der Waals surface area contributed by atoms with Gasteiger partial charge < -0.3 is 0 Å². The van der Waals surface area contributed by atoms with Crippen molar-refractivity contribution in [3.63, 3.8) is 0 Å². The summed E-state index contributed by atoms with van der Waals surface area (Å²) >= 11 is 3.59. The lowest BCUT2D eigenvalue weighted by Gasteiger charge is -2.06. The predicted molar refractivity (Wildman–Crippen MR) is 28.8 cm³/mol. The zero-order valence-corrected chi connectivity index (χ0v) is 4.93. The summed E-state index contributed by atoms with van der Waals surface area (Å²) in [6.07, 6.45) is 0.468. The Bertz CT molecular complexity index is 37.3. The van der Waals surface area contributed by atoms with Gasteiger partial charge in [0.2, 0.25) is 0 Å². The summed E-state index contributed by atoms with van der Waals surface area (Å²) in [6.45, 7) is 3.20. The van der Waals surface area contributed by atoms with Crippen molar-refractivity contribution >= 4 is 12.6 Å². The minimum absolute atomic E-state index is 0.468. The Balaban J connectivity index is 3.17. The van der Waals surface area contributed by atoms with Crippen LogP contribution in [-0.2, 0) is 0 Å². The Kier molecular flexibility index (Phi) is 1.91. The molecule has 6 heavy (non-hydrogen) atoms. The smallest absolute Gasteiger partial charge is 0.150 e. The Hall–Kier alpha value is 0.280. The van der Waals surface area contributed by atoms with Gasteiger partial charge in [-0.1, -0.05) is 6.92 Å². The number of hydrogen-bond acceptors (Lipinski definition) is 1. The minimum Gasteiger partial charge on any atom is -0.233 e. The number of thiol groups is 1. The van der Waals surface area contributed by atoms with Crippen LogP contribution in [0.3, 0.4) is 0 Å². The van der Waals surface area contributed by atoms with E-state index in [4.69, 9.17) is 0 Å². The molecule has 0 aliphatic rings. The molecule has 0 bridgehead atoms. The number of rotatable bonds is 1. The average molecular weight is 108 g/mol. The second-order valence-electron chi connectivity index (χ2n) is 1.50. The maximum absolute atomic E-state index is 12.0. The summed E-state index contributed by atoms with van der Waals surface area (Å²) in [4.78, 5) is 0. The van der Waals surface area contributed by atoms with Gasteiger partial charge in [-0.2, -0.15) is 0 Å². The average Bonchev–Trinajstić information content (AvgIpc) is 1.35. The van der Waals surface area contributed by atoms with Crippen LogP contribution in [0.4, 0.5) is 4.39 Å². The Morgan fingerprint density at radius 2 is 2.00 bits per heavy atom. The molecule has 0 N–H and O–H groups in total. The van der Waals surface area contributed by atoms with E-state index >= 15 is 0 Å². The van der Waals surface area contributed by atoms with Crippen molar-refractivity contribution in [2.24, 2.45) is 0 Å². The summed E-state index contributed by atoms with van der Waals surface area (Å²) in [5.74, 6) is 0. The van der Waals surface area contributed by atoms with Crippen LogP contribution < -0.4 is 0 Å². The van der Waals surface area contributed by atoms with Gasteiger partial charge in [0.1, 0.15) is 0 Å². The van der Waals surface area contributed by atoms with Gasteiger partial charge in [0.05, 0.1) is 0 Å². The number of hydrogen-bond donors (Lipinski definition) is 1. The molecule has 0 aliphatic heterocycles. The summed E-state index contributed by atoms with van der Waals surface area (Å²) < 4.78 is 12.0. The molecule has 0 saturated carbocycles. The van der Waals surface area contributed by atoms with Gasteiger partial charge in [0.25, 0.3) is 0 Å². The molecule has 0 fully saturated rings. The molecule has 0 aromatic rings. The van der Waals surface area contributed by atoms with Gasteiger partial charge in [-0.25, -0.2) is 4.39 Å². The highest BCUT2D eigenvalue weighted by atomic mass is 32.1. The van der Waals surface area contributed by atoms with E-state index in [1.807, 2.05) is 0 Å². The molecule has 0 nitrogen and oxygen atoms in total. The fourth-order valence-corrected chi connectivity index (χ4v) is 0. The van der Waals surface area contributed by atoms with E-state index in [-0.39, 0.29) is 0 Å². The normalized spacial score (nSPS) is 20.0. The molecule has 0 spiro atoms. The molecule has 0 heterocycles. The van der Waals surface area contributed by atoms with Gasteiger partial charge in [-0.3, -0.25) is 0 Å². The first-order valence-corrected chi connectivity index (χ1v) is 2.42. The third-order valence-corrected chi connectivity index (χ3v) is 0.962. The number of halogens is 1. The van der Waals surface area contributed by atoms with E-state index in [9.17, 15) is 4.39 Å². The minimum atomic E-state index is -1.26. The summed E-state index contributed by atoms with van der Waals surface area (Å²) in [5.41, 5.74) is 0. The van der Waals surface area contributed by atoms with Crippen LogP contribution in [0.1, 0.15) is 20.3 Å². The first kappa shape index (κ1) is 6.28. The van der Waals surface area contributed by atoms with Crippen molar-refractivity contribution in [2.75, 3.05) is 0 Å². The standard InChI is InChI=1S/C4H9FS/c1-3-4(2,5)6/h6H,3H2,1-2H3. The summed E-state index contributed by atoms with van der Waals surface area (Å²) in [6, 6.07) is 0. The third-order valence-electron chi connectivity index (χ3n) is 0.645. The van der Waals surface area contributed by atoms with E-state index in [1.165, 1.54) is 6.92 Å². The maximum atomic E-state index is 12.0. The largest absolute Gasteiger partial charge is 0.233 e. The number of alkyl halides is 1. The lowest BCUT2D eigenvalue weighted by atomic mass is 10.3. The van der Waals surface area contributed by atoms with Crippen LogP contribution in [0.2, 0.25) is 0 Å². The molecule has 38 valence electrons. The van der Waals surface area contributed by atoms with Crippen molar-refractivity contribution in [1.29, 1.82) is 0 Å². The monoisotopic (exact) mass is 108 g/mol. The second-order valence-corrected chi connectivity index (χ2v) is 2.43. The Labute approximate surface area is 43.2 Å². The fraction of sp³-hybridized carbons (Fsp3) is 1.00. The van der Waals surface area contributed by atoms with E-state index in [2.05, 4.69) is 12.6 Å². The highest BCUT2D eigenvalue weighted by molar-refractivity contribution is 7.81. The lowest BCUT2D eigenvalue weighted by molar-refractivity contribution is 0.311. The quantitative estimate of drug-likeness (QED) is 0.488.